The molecule has 1 rings (SSSR count). The van der Waals surface area contributed by atoms with Gasteiger partial charge in [-0.05, 0) is 13.8 Å². The van der Waals surface area contributed by atoms with Crippen molar-refractivity contribution in [3.63, 3.8) is 0 Å². The average molecular weight is 166 g/mol. The van der Waals surface area contributed by atoms with Crippen LogP contribution in [0, 0.1) is 0 Å². The molecule has 0 aromatic rings. The first-order chi connectivity index (χ1) is 5.04. The average Bonchev–Trinajstić information content (AvgIpc) is 2.30. The summed E-state index contributed by atoms with van der Waals surface area (Å²) in [4.78, 5) is 17.0. The standard InChI is InChI=1S/C5H10O6/c1-4(8-6)3-5(2,9-7)11-10-4/h6-7H,3H2,1-2H3/t4-,5-/m1/s1. The number of rotatable bonds is 2. The van der Waals surface area contributed by atoms with Crippen LogP contribution >= 0.6 is 0 Å². The summed E-state index contributed by atoms with van der Waals surface area (Å²) in [5.41, 5.74) is 0. The molecule has 1 fully saturated rings. The van der Waals surface area contributed by atoms with Crippen molar-refractivity contribution in [2.45, 2.75) is 31.8 Å². The predicted molar refractivity (Wildman–Crippen MR) is 31.0 cm³/mol. The topological polar surface area (TPSA) is 77.4 Å². The summed E-state index contributed by atoms with van der Waals surface area (Å²) in [6, 6.07) is 0. The summed E-state index contributed by atoms with van der Waals surface area (Å²) in [7, 11) is 0. The molecule has 1 heterocycles. The number of hydrogen-bond acceptors (Lipinski definition) is 6. The predicted octanol–water partition coefficient (Wildman–Crippen LogP) is 0.750. The lowest BCUT2D eigenvalue weighted by molar-refractivity contribution is -0.502. The summed E-state index contributed by atoms with van der Waals surface area (Å²) in [6.07, 6.45) is 0.0625. The van der Waals surface area contributed by atoms with E-state index in [1.165, 1.54) is 13.8 Å². The van der Waals surface area contributed by atoms with Gasteiger partial charge in [0.05, 0.1) is 6.42 Å². The molecular weight excluding hydrogens is 156 g/mol. The highest BCUT2D eigenvalue weighted by atomic mass is 17.3. The summed E-state index contributed by atoms with van der Waals surface area (Å²) in [6.45, 7) is 2.88. The largest absolute Gasteiger partial charge is 0.249 e. The van der Waals surface area contributed by atoms with Gasteiger partial charge in [-0.25, -0.2) is 20.3 Å². The molecule has 0 spiro atoms. The van der Waals surface area contributed by atoms with Crippen LogP contribution < -0.4 is 0 Å². The molecule has 0 amide bonds. The summed E-state index contributed by atoms with van der Waals surface area (Å²) >= 11 is 0. The molecule has 1 aliphatic heterocycles. The lowest BCUT2D eigenvalue weighted by Crippen LogP contribution is -2.31. The lowest BCUT2D eigenvalue weighted by Gasteiger charge is -2.16. The Hall–Kier alpha value is -0.240. The second kappa shape index (κ2) is 2.67. The maximum absolute atomic E-state index is 8.31. The Balaban J connectivity index is 2.58. The van der Waals surface area contributed by atoms with Crippen molar-refractivity contribution in [2.75, 3.05) is 0 Å². The second-order valence-electron chi connectivity index (χ2n) is 2.79. The summed E-state index contributed by atoms with van der Waals surface area (Å²) in [5.74, 6) is -2.56. The smallest absolute Gasteiger partial charge is 0.236 e. The molecule has 0 aliphatic carbocycles. The van der Waals surface area contributed by atoms with Gasteiger partial charge in [0.1, 0.15) is 0 Å². The van der Waals surface area contributed by atoms with E-state index < -0.39 is 11.6 Å². The van der Waals surface area contributed by atoms with Crippen molar-refractivity contribution >= 4 is 0 Å². The van der Waals surface area contributed by atoms with Gasteiger partial charge in [-0.1, -0.05) is 0 Å². The van der Waals surface area contributed by atoms with Gasteiger partial charge in [0.25, 0.3) is 0 Å². The van der Waals surface area contributed by atoms with Crippen molar-refractivity contribution in [3.05, 3.63) is 0 Å². The summed E-state index contributed by atoms with van der Waals surface area (Å²) < 4.78 is 0. The van der Waals surface area contributed by atoms with Crippen LogP contribution in [0.5, 0.6) is 0 Å². The van der Waals surface area contributed by atoms with Crippen molar-refractivity contribution in [2.24, 2.45) is 0 Å². The zero-order valence-corrected chi connectivity index (χ0v) is 6.23. The van der Waals surface area contributed by atoms with Gasteiger partial charge in [0.2, 0.25) is 11.6 Å². The molecule has 2 atom stereocenters. The van der Waals surface area contributed by atoms with E-state index >= 15 is 0 Å². The van der Waals surface area contributed by atoms with Crippen molar-refractivity contribution in [1.29, 1.82) is 0 Å². The molecule has 66 valence electrons. The fourth-order valence-corrected chi connectivity index (χ4v) is 0.913. The van der Waals surface area contributed by atoms with E-state index in [1.54, 1.807) is 0 Å². The quantitative estimate of drug-likeness (QED) is 0.465. The molecule has 0 unspecified atom stereocenters. The molecule has 1 aliphatic rings. The van der Waals surface area contributed by atoms with Crippen LogP contribution in [0.3, 0.4) is 0 Å². The van der Waals surface area contributed by atoms with Gasteiger partial charge >= 0.3 is 0 Å². The van der Waals surface area contributed by atoms with E-state index in [0.29, 0.717) is 0 Å². The fourth-order valence-electron chi connectivity index (χ4n) is 0.913. The third-order valence-corrected chi connectivity index (χ3v) is 1.42. The highest BCUT2D eigenvalue weighted by Crippen LogP contribution is 2.36. The molecule has 1 saturated heterocycles. The minimum absolute atomic E-state index is 0.0625. The molecule has 0 aromatic heterocycles. The van der Waals surface area contributed by atoms with Crippen LogP contribution in [0.4, 0.5) is 0 Å². The van der Waals surface area contributed by atoms with Gasteiger partial charge in [-0.2, -0.15) is 9.78 Å². The van der Waals surface area contributed by atoms with E-state index in [0.717, 1.165) is 0 Å². The van der Waals surface area contributed by atoms with Crippen molar-refractivity contribution in [1.82, 2.24) is 0 Å². The Bertz CT molecular complexity index is 134. The van der Waals surface area contributed by atoms with Crippen LogP contribution in [0.25, 0.3) is 0 Å². The van der Waals surface area contributed by atoms with E-state index in [-0.39, 0.29) is 6.42 Å². The normalized spacial score (nSPS) is 44.7. The minimum atomic E-state index is -1.28. The van der Waals surface area contributed by atoms with E-state index in [9.17, 15) is 0 Å². The molecule has 0 saturated carbocycles. The van der Waals surface area contributed by atoms with E-state index in [1.807, 2.05) is 0 Å². The van der Waals surface area contributed by atoms with Gasteiger partial charge < -0.3 is 0 Å². The fraction of sp³-hybridized carbons (Fsp3) is 1.00. The Morgan fingerprint density at radius 1 is 1.09 bits per heavy atom. The molecule has 2 N–H and O–H groups in total. The molecule has 0 radical (unpaired) electrons. The molecule has 6 heteroatoms. The Morgan fingerprint density at radius 2 is 1.45 bits per heavy atom. The van der Waals surface area contributed by atoms with E-state index in [4.69, 9.17) is 10.5 Å². The van der Waals surface area contributed by atoms with E-state index in [2.05, 4.69) is 19.6 Å². The third-order valence-electron chi connectivity index (χ3n) is 1.42. The third kappa shape index (κ3) is 1.67. The maximum atomic E-state index is 8.31. The van der Waals surface area contributed by atoms with Crippen LogP contribution in [-0.2, 0) is 19.6 Å². The zero-order valence-electron chi connectivity index (χ0n) is 6.23. The Morgan fingerprint density at radius 3 is 1.64 bits per heavy atom. The first-order valence-electron chi connectivity index (χ1n) is 3.06. The molecule has 6 nitrogen and oxygen atoms in total. The zero-order chi connectivity index (χ0) is 8.54. The van der Waals surface area contributed by atoms with Crippen LogP contribution in [-0.4, -0.2) is 22.1 Å². The van der Waals surface area contributed by atoms with Gasteiger partial charge in [0.15, 0.2) is 0 Å². The van der Waals surface area contributed by atoms with Crippen molar-refractivity contribution < 1.29 is 30.1 Å². The Labute approximate surface area is 63.0 Å². The van der Waals surface area contributed by atoms with Crippen LogP contribution in [0.2, 0.25) is 0 Å². The van der Waals surface area contributed by atoms with Crippen LogP contribution in [0.15, 0.2) is 0 Å². The second-order valence-corrected chi connectivity index (χ2v) is 2.79. The first-order valence-corrected chi connectivity index (χ1v) is 3.06. The first kappa shape index (κ1) is 8.85. The SMILES string of the molecule is C[C@]1(OO)C[C@](C)(OO)OO1. The van der Waals surface area contributed by atoms with Gasteiger partial charge in [-0.3, -0.25) is 0 Å². The Kier molecular flexibility index (Phi) is 2.15. The van der Waals surface area contributed by atoms with Crippen LogP contribution in [0.1, 0.15) is 20.3 Å². The van der Waals surface area contributed by atoms with Crippen molar-refractivity contribution in [3.8, 4) is 0 Å². The summed E-state index contributed by atoms with van der Waals surface area (Å²) in [5, 5.41) is 16.6. The molecular formula is C5H10O6. The minimum Gasteiger partial charge on any atom is -0.249 e. The molecule has 11 heavy (non-hydrogen) atoms. The van der Waals surface area contributed by atoms with Gasteiger partial charge in [-0.15, -0.1) is 0 Å². The lowest BCUT2D eigenvalue weighted by atomic mass is 10.1. The monoisotopic (exact) mass is 166 g/mol. The van der Waals surface area contributed by atoms with Gasteiger partial charge in [0, 0.05) is 0 Å². The molecule has 0 bridgehead atoms. The highest BCUT2D eigenvalue weighted by Gasteiger charge is 2.49. The maximum Gasteiger partial charge on any atom is 0.236 e. The number of hydrogen-bond donors (Lipinski definition) is 2. The highest BCUT2D eigenvalue weighted by molar-refractivity contribution is 4.75. The molecule has 0 aromatic carbocycles.